The lowest BCUT2D eigenvalue weighted by Gasteiger charge is -2.40. The van der Waals surface area contributed by atoms with Crippen LogP contribution in [0.15, 0.2) is 18.6 Å². The summed E-state index contributed by atoms with van der Waals surface area (Å²) < 4.78 is 11.0. The van der Waals surface area contributed by atoms with Crippen molar-refractivity contribution in [2.24, 2.45) is 5.73 Å². The van der Waals surface area contributed by atoms with E-state index < -0.39 is 0 Å². The minimum absolute atomic E-state index is 0.255. The zero-order valence-corrected chi connectivity index (χ0v) is 9.43. The molecule has 1 aromatic heterocycles. The van der Waals surface area contributed by atoms with Gasteiger partial charge < -0.3 is 15.2 Å². The third-order valence-electron chi connectivity index (χ3n) is 3.21. The van der Waals surface area contributed by atoms with Crippen molar-refractivity contribution in [3.63, 3.8) is 0 Å². The van der Waals surface area contributed by atoms with Gasteiger partial charge in [-0.3, -0.25) is 9.97 Å². The largest absolute Gasteiger partial charge is 0.381 e. The first-order valence-electron chi connectivity index (χ1n) is 5.43. The number of rotatable bonds is 3. The molecule has 1 fully saturated rings. The molecule has 16 heavy (non-hydrogen) atoms. The van der Waals surface area contributed by atoms with Crippen molar-refractivity contribution in [3.8, 4) is 0 Å². The number of nitrogens with zero attached hydrogens (tertiary/aromatic N) is 2. The van der Waals surface area contributed by atoms with Gasteiger partial charge in [0.25, 0.3) is 0 Å². The van der Waals surface area contributed by atoms with Crippen LogP contribution in [0.1, 0.15) is 24.6 Å². The zero-order valence-electron chi connectivity index (χ0n) is 9.43. The maximum absolute atomic E-state index is 6.23. The van der Waals surface area contributed by atoms with Gasteiger partial charge in [-0.1, -0.05) is 0 Å². The van der Waals surface area contributed by atoms with E-state index in [9.17, 15) is 0 Å². The predicted molar refractivity (Wildman–Crippen MR) is 58.8 cm³/mol. The number of hydrogen-bond donors (Lipinski definition) is 1. The lowest BCUT2D eigenvalue weighted by molar-refractivity contribution is -0.105. The van der Waals surface area contributed by atoms with E-state index >= 15 is 0 Å². The first-order chi connectivity index (χ1) is 7.78. The predicted octanol–water partition coefficient (Wildman–Crippen LogP) is 0.672. The highest BCUT2D eigenvalue weighted by Crippen LogP contribution is 2.34. The number of ether oxygens (including phenoxy) is 2. The van der Waals surface area contributed by atoms with Crippen LogP contribution in [-0.4, -0.2) is 35.9 Å². The summed E-state index contributed by atoms with van der Waals surface area (Å²) in [5, 5.41) is 0. The number of nitrogens with two attached hydrogens (primary N) is 1. The van der Waals surface area contributed by atoms with Gasteiger partial charge in [0.05, 0.1) is 23.5 Å². The van der Waals surface area contributed by atoms with Crippen molar-refractivity contribution in [1.29, 1.82) is 0 Å². The molecule has 1 atom stereocenters. The van der Waals surface area contributed by atoms with Gasteiger partial charge in [0.2, 0.25) is 0 Å². The summed E-state index contributed by atoms with van der Waals surface area (Å²) in [7, 11) is 1.70. The van der Waals surface area contributed by atoms with Crippen LogP contribution in [0.2, 0.25) is 0 Å². The summed E-state index contributed by atoms with van der Waals surface area (Å²) in [5.41, 5.74) is 6.64. The molecule has 0 bridgehead atoms. The van der Waals surface area contributed by atoms with Crippen LogP contribution in [0, 0.1) is 0 Å². The van der Waals surface area contributed by atoms with Crippen LogP contribution in [0.25, 0.3) is 0 Å². The molecule has 2 N–H and O–H groups in total. The van der Waals surface area contributed by atoms with E-state index in [0.29, 0.717) is 13.2 Å². The minimum atomic E-state index is -0.367. The fourth-order valence-electron chi connectivity index (χ4n) is 2.10. The maximum atomic E-state index is 6.23. The molecule has 0 saturated carbocycles. The Morgan fingerprint density at radius 1 is 1.44 bits per heavy atom. The van der Waals surface area contributed by atoms with E-state index in [1.54, 1.807) is 25.7 Å². The fraction of sp³-hybridized carbons (Fsp3) is 0.636. The highest BCUT2D eigenvalue weighted by atomic mass is 16.5. The Hall–Kier alpha value is -1.04. The Kier molecular flexibility index (Phi) is 3.48. The second-order valence-electron chi connectivity index (χ2n) is 3.99. The molecule has 5 heteroatoms. The summed E-state index contributed by atoms with van der Waals surface area (Å²) in [6.07, 6.45) is 6.57. The monoisotopic (exact) mass is 223 g/mol. The van der Waals surface area contributed by atoms with Crippen molar-refractivity contribution >= 4 is 0 Å². The molecule has 1 saturated heterocycles. The summed E-state index contributed by atoms with van der Waals surface area (Å²) in [4.78, 5) is 8.28. The fourth-order valence-corrected chi connectivity index (χ4v) is 2.10. The standard InChI is InChI=1S/C11H17N3O2/c1-15-11(2-6-16-7-3-11)10(12)9-8-13-4-5-14-9/h4-5,8,10H,2-3,6-7,12H2,1H3. The van der Waals surface area contributed by atoms with Crippen molar-refractivity contribution in [2.45, 2.75) is 24.5 Å². The lowest BCUT2D eigenvalue weighted by atomic mass is 9.85. The van der Waals surface area contributed by atoms with Crippen LogP contribution in [0.5, 0.6) is 0 Å². The van der Waals surface area contributed by atoms with Crippen LogP contribution in [0.3, 0.4) is 0 Å². The molecule has 0 aliphatic carbocycles. The molecule has 1 aromatic rings. The number of hydrogen-bond acceptors (Lipinski definition) is 5. The highest BCUT2D eigenvalue weighted by Gasteiger charge is 2.40. The van der Waals surface area contributed by atoms with E-state index in [1.165, 1.54) is 0 Å². The van der Waals surface area contributed by atoms with Crippen molar-refractivity contribution in [3.05, 3.63) is 24.3 Å². The summed E-state index contributed by atoms with van der Waals surface area (Å²) in [5.74, 6) is 0. The molecule has 2 rings (SSSR count). The van der Waals surface area contributed by atoms with Crippen LogP contribution >= 0.6 is 0 Å². The van der Waals surface area contributed by atoms with Gasteiger partial charge in [-0.2, -0.15) is 0 Å². The van der Waals surface area contributed by atoms with Crippen LogP contribution in [0.4, 0.5) is 0 Å². The van der Waals surface area contributed by atoms with Gasteiger partial charge in [-0.15, -0.1) is 0 Å². The Labute approximate surface area is 95.0 Å². The second kappa shape index (κ2) is 4.86. The molecule has 2 heterocycles. The van der Waals surface area contributed by atoms with Crippen molar-refractivity contribution in [2.75, 3.05) is 20.3 Å². The molecule has 1 aliphatic heterocycles. The first-order valence-corrected chi connectivity index (χ1v) is 5.43. The average Bonchev–Trinajstić information content (AvgIpc) is 2.39. The van der Waals surface area contributed by atoms with Gasteiger partial charge in [0.1, 0.15) is 0 Å². The van der Waals surface area contributed by atoms with Crippen LogP contribution in [-0.2, 0) is 9.47 Å². The van der Waals surface area contributed by atoms with Gasteiger partial charge >= 0.3 is 0 Å². The van der Waals surface area contributed by atoms with Crippen LogP contribution < -0.4 is 5.73 Å². The SMILES string of the molecule is COC1(C(N)c2cnccn2)CCOCC1. The average molecular weight is 223 g/mol. The lowest BCUT2D eigenvalue weighted by Crippen LogP contribution is -2.47. The van der Waals surface area contributed by atoms with E-state index in [1.807, 2.05) is 0 Å². The Morgan fingerprint density at radius 2 is 2.19 bits per heavy atom. The maximum Gasteiger partial charge on any atom is 0.0930 e. The molecule has 0 amide bonds. The normalized spacial score (nSPS) is 21.6. The molecule has 5 nitrogen and oxygen atoms in total. The molecule has 0 aromatic carbocycles. The third-order valence-corrected chi connectivity index (χ3v) is 3.21. The van der Waals surface area contributed by atoms with Crippen molar-refractivity contribution in [1.82, 2.24) is 9.97 Å². The summed E-state index contributed by atoms with van der Waals surface area (Å²) >= 11 is 0. The highest BCUT2D eigenvalue weighted by molar-refractivity contribution is 5.09. The van der Waals surface area contributed by atoms with E-state index in [-0.39, 0.29) is 11.6 Å². The molecule has 1 aliphatic rings. The first kappa shape index (κ1) is 11.4. The topological polar surface area (TPSA) is 70.3 Å². The van der Waals surface area contributed by atoms with Gasteiger partial charge in [-0.25, -0.2) is 0 Å². The van der Waals surface area contributed by atoms with Gasteiger partial charge in [0, 0.05) is 45.6 Å². The van der Waals surface area contributed by atoms with Gasteiger partial charge in [0.15, 0.2) is 0 Å². The molecule has 1 unspecified atom stereocenters. The molecular weight excluding hydrogens is 206 g/mol. The molecule has 0 radical (unpaired) electrons. The van der Waals surface area contributed by atoms with Crippen molar-refractivity contribution < 1.29 is 9.47 Å². The Balaban J connectivity index is 2.20. The Bertz CT molecular complexity index is 325. The smallest absolute Gasteiger partial charge is 0.0930 e. The minimum Gasteiger partial charge on any atom is -0.381 e. The molecular formula is C11H17N3O2. The third kappa shape index (κ3) is 2.07. The van der Waals surface area contributed by atoms with Gasteiger partial charge in [-0.05, 0) is 0 Å². The Morgan fingerprint density at radius 3 is 2.75 bits per heavy atom. The molecule has 88 valence electrons. The summed E-state index contributed by atoms with van der Waals surface area (Å²) in [6, 6.07) is -0.255. The molecule has 0 spiro atoms. The number of aromatic nitrogens is 2. The van der Waals surface area contributed by atoms with E-state index in [4.69, 9.17) is 15.2 Å². The second-order valence-corrected chi connectivity index (χ2v) is 3.99. The zero-order chi connectivity index (χ0) is 11.4. The van der Waals surface area contributed by atoms with E-state index in [0.717, 1.165) is 18.5 Å². The number of methoxy groups -OCH3 is 1. The van der Waals surface area contributed by atoms with E-state index in [2.05, 4.69) is 9.97 Å². The summed E-state index contributed by atoms with van der Waals surface area (Å²) in [6.45, 7) is 1.36. The quantitative estimate of drug-likeness (QED) is 0.815.